The molecule has 0 amide bonds. The summed E-state index contributed by atoms with van der Waals surface area (Å²) < 4.78 is 5.41. The number of carbonyl (C=O) groups is 1. The highest BCUT2D eigenvalue weighted by Gasteiger charge is 2.19. The summed E-state index contributed by atoms with van der Waals surface area (Å²) >= 11 is 0. The Morgan fingerprint density at radius 1 is 1.17 bits per heavy atom. The third-order valence-electron chi connectivity index (χ3n) is 3.12. The fraction of sp³-hybridized carbons (Fsp3) is 0.133. The molecule has 1 aliphatic heterocycles. The van der Waals surface area contributed by atoms with E-state index in [1.165, 1.54) is 5.56 Å². The Hall–Kier alpha value is -2.29. The van der Waals surface area contributed by atoms with Gasteiger partial charge in [0.15, 0.2) is 0 Å². The first-order valence-corrected chi connectivity index (χ1v) is 5.84. The van der Waals surface area contributed by atoms with Crippen LogP contribution in [0.1, 0.15) is 16.7 Å². The molecule has 3 rings (SSSR count). The largest absolute Gasteiger partial charge is 0.475 e. The van der Waals surface area contributed by atoms with E-state index in [0.717, 1.165) is 17.5 Å². The monoisotopic (exact) mass is 240 g/mol. The van der Waals surface area contributed by atoms with E-state index < -0.39 is 5.97 Å². The van der Waals surface area contributed by atoms with E-state index in [9.17, 15) is 4.79 Å². The van der Waals surface area contributed by atoms with Gasteiger partial charge in [0.1, 0.15) is 5.75 Å². The van der Waals surface area contributed by atoms with Gasteiger partial charge in [-0.15, -0.1) is 0 Å². The molecule has 2 aliphatic rings. The highest BCUT2D eigenvalue weighted by molar-refractivity contribution is 5.85. The Balaban J connectivity index is 2.03. The summed E-state index contributed by atoms with van der Waals surface area (Å²) in [5.41, 5.74) is 3.38. The molecule has 0 spiro atoms. The molecule has 0 aromatic heterocycles. The van der Waals surface area contributed by atoms with E-state index in [4.69, 9.17) is 9.84 Å². The van der Waals surface area contributed by atoms with Gasteiger partial charge in [0, 0.05) is 0 Å². The van der Waals surface area contributed by atoms with Gasteiger partial charge in [-0.2, -0.15) is 0 Å². The third-order valence-corrected chi connectivity index (χ3v) is 3.12. The fourth-order valence-electron chi connectivity index (χ4n) is 2.20. The highest BCUT2D eigenvalue weighted by Crippen LogP contribution is 2.31. The van der Waals surface area contributed by atoms with Crippen molar-refractivity contribution in [2.75, 3.05) is 0 Å². The molecule has 1 aromatic carbocycles. The van der Waals surface area contributed by atoms with Crippen molar-refractivity contribution < 1.29 is 14.6 Å². The number of fused-ring (bicyclic) bond motifs is 2. The van der Waals surface area contributed by atoms with Crippen LogP contribution in [0.25, 0.3) is 6.08 Å². The van der Waals surface area contributed by atoms with E-state index in [1.54, 1.807) is 6.08 Å². The van der Waals surface area contributed by atoms with Gasteiger partial charge >= 0.3 is 5.97 Å². The molecule has 1 aromatic rings. The van der Waals surface area contributed by atoms with Crippen molar-refractivity contribution in [3.05, 3.63) is 58.9 Å². The second-order valence-corrected chi connectivity index (χ2v) is 4.33. The third kappa shape index (κ3) is 1.84. The second kappa shape index (κ2) is 4.18. The van der Waals surface area contributed by atoms with Gasteiger partial charge in [0.2, 0.25) is 5.76 Å². The smallest absolute Gasteiger partial charge is 0.371 e. The molecule has 0 saturated heterocycles. The van der Waals surface area contributed by atoms with Crippen LogP contribution in [0.15, 0.2) is 42.2 Å². The molecular weight excluding hydrogens is 228 g/mol. The van der Waals surface area contributed by atoms with Crippen LogP contribution in [0, 0.1) is 0 Å². The summed E-state index contributed by atoms with van der Waals surface area (Å²) in [6.07, 6.45) is 11.2. The van der Waals surface area contributed by atoms with Crippen LogP contribution in [0.3, 0.4) is 0 Å². The van der Waals surface area contributed by atoms with Crippen molar-refractivity contribution in [1.29, 1.82) is 0 Å². The van der Waals surface area contributed by atoms with Crippen molar-refractivity contribution >= 4 is 12.0 Å². The van der Waals surface area contributed by atoms with Crippen molar-refractivity contribution in [1.82, 2.24) is 0 Å². The molecule has 1 N–H and O–H groups in total. The van der Waals surface area contributed by atoms with E-state index in [-0.39, 0.29) is 5.76 Å². The van der Waals surface area contributed by atoms with Crippen molar-refractivity contribution in [3.8, 4) is 5.75 Å². The van der Waals surface area contributed by atoms with Crippen LogP contribution >= 0.6 is 0 Å². The maximum absolute atomic E-state index is 10.9. The minimum atomic E-state index is -1.02. The van der Waals surface area contributed by atoms with Gasteiger partial charge in [0.25, 0.3) is 0 Å². The van der Waals surface area contributed by atoms with Crippen LogP contribution in [0.2, 0.25) is 0 Å². The number of carboxylic acids is 1. The van der Waals surface area contributed by atoms with E-state index in [0.29, 0.717) is 12.2 Å². The number of benzene rings is 1. The average Bonchev–Trinajstić information content (AvgIpc) is 2.59. The molecule has 0 unspecified atom stereocenters. The summed E-state index contributed by atoms with van der Waals surface area (Å²) in [4.78, 5) is 10.9. The molecule has 1 aliphatic carbocycles. The number of hydrogen-bond donors (Lipinski definition) is 1. The van der Waals surface area contributed by atoms with Gasteiger partial charge in [-0.25, -0.2) is 4.79 Å². The summed E-state index contributed by atoms with van der Waals surface area (Å²) in [5, 5.41) is 8.93. The summed E-state index contributed by atoms with van der Waals surface area (Å²) in [5.74, 6) is -0.355. The lowest BCUT2D eigenvalue weighted by Crippen LogP contribution is -2.13. The Bertz CT molecular complexity index is 606. The summed E-state index contributed by atoms with van der Waals surface area (Å²) in [6, 6.07) is 4.02. The Kier molecular flexibility index (Phi) is 2.52. The number of allylic oxidation sites excluding steroid dienone is 4. The zero-order valence-corrected chi connectivity index (χ0v) is 9.72. The molecule has 0 atom stereocenters. The molecule has 3 nitrogen and oxygen atoms in total. The number of rotatable bonds is 1. The summed E-state index contributed by atoms with van der Waals surface area (Å²) in [7, 11) is 0. The zero-order valence-electron chi connectivity index (χ0n) is 9.72. The van der Waals surface area contributed by atoms with Crippen molar-refractivity contribution in [3.63, 3.8) is 0 Å². The minimum Gasteiger partial charge on any atom is -0.475 e. The van der Waals surface area contributed by atoms with Gasteiger partial charge in [-0.3, -0.25) is 0 Å². The maximum atomic E-state index is 10.9. The summed E-state index contributed by atoms with van der Waals surface area (Å²) in [6.45, 7) is 0. The Morgan fingerprint density at radius 3 is 2.89 bits per heavy atom. The fourth-order valence-corrected chi connectivity index (χ4v) is 2.20. The van der Waals surface area contributed by atoms with Crippen molar-refractivity contribution in [2.45, 2.75) is 12.8 Å². The van der Waals surface area contributed by atoms with Gasteiger partial charge in [0.05, 0.1) is 0 Å². The average molecular weight is 240 g/mol. The molecular formula is C15H12O3. The lowest BCUT2D eigenvalue weighted by atomic mass is 9.98. The predicted octanol–water partition coefficient (Wildman–Crippen LogP) is 2.72. The predicted molar refractivity (Wildman–Crippen MR) is 68.4 cm³/mol. The zero-order chi connectivity index (χ0) is 12.5. The molecule has 0 bridgehead atoms. The number of carboxylic acid groups (broad SMARTS) is 1. The first-order chi connectivity index (χ1) is 8.74. The molecule has 3 heteroatoms. The quantitative estimate of drug-likeness (QED) is 0.821. The molecule has 1 heterocycles. The van der Waals surface area contributed by atoms with E-state index in [1.807, 2.05) is 24.3 Å². The van der Waals surface area contributed by atoms with Crippen LogP contribution < -0.4 is 4.74 Å². The first-order valence-electron chi connectivity index (χ1n) is 5.84. The molecule has 0 fully saturated rings. The highest BCUT2D eigenvalue weighted by atomic mass is 16.5. The van der Waals surface area contributed by atoms with Gasteiger partial charge < -0.3 is 9.84 Å². The van der Waals surface area contributed by atoms with E-state index in [2.05, 4.69) is 12.1 Å². The second-order valence-electron chi connectivity index (χ2n) is 4.33. The molecule has 0 saturated carbocycles. The number of aliphatic carboxylic acids is 1. The van der Waals surface area contributed by atoms with Crippen LogP contribution in [0.4, 0.5) is 0 Å². The van der Waals surface area contributed by atoms with Crippen LogP contribution in [-0.2, 0) is 17.6 Å². The van der Waals surface area contributed by atoms with Gasteiger partial charge in [-0.05, 0) is 41.7 Å². The Morgan fingerprint density at radius 2 is 2.06 bits per heavy atom. The number of hydrogen-bond acceptors (Lipinski definition) is 2. The standard InChI is InChI=1S/C15H12O3/c16-15(17)13-7-6-12-8-10-4-2-1-3-5-11(10)9-14(12)18-13/h1-3,5,7-9H,4,6H2,(H,16,17). The Labute approximate surface area is 105 Å². The van der Waals surface area contributed by atoms with Crippen molar-refractivity contribution in [2.24, 2.45) is 0 Å². The van der Waals surface area contributed by atoms with E-state index >= 15 is 0 Å². The molecule has 18 heavy (non-hydrogen) atoms. The normalized spacial score (nSPS) is 16.1. The maximum Gasteiger partial charge on any atom is 0.371 e. The lowest BCUT2D eigenvalue weighted by molar-refractivity contribution is -0.135. The van der Waals surface area contributed by atoms with Gasteiger partial charge in [-0.1, -0.05) is 30.4 Å². The SMILES string of the molecule is O=C(O)C1=CCc2cc3c(cc2O1)C=CC=CC3. The topological polar surface area (TPSA) is 46.5 Å². The lowest BCUT2D eigenvalue weighted by Gasteiger charge is -2.18. The van der Waals surface area contributed by atoms with Crippen LogP contribution in [0.5, 0.6) is 5.75 Å². The molecule has 0 radical (unpaired) electrons. The van der Waals surface area contributed by atoms with Crippen LogP contribution in [-0.4, -0.2) is 11.1 Å². The molecule has 90 valence electrons. The minimum absolute atomic E-state index is 0.0122. The first kappa shape index (κ1) is 10.8. The number of ether oxygens (including phenoxy) is 1.